The monoisotopic (exact) mass is 501 g/mol. The third-order valence-corrected chi connectivity index (χ3v) is 5.25. The van der Waals surface area contributed by atoms with E-state index in [1.807, 2.05) is 24.3 Å². The summed E-state index contributed by atoms with van der Waals surface area (Å²) in [6, 6.07) is 20.9. The van der Waals surface area contributed by atoms with E-state index in [-0.39, 0.29) is 18.8 Å². The largest absolute Gasteiger partial charge is 0.490 e. The van der Waals surface area contributed by atoms with Crippen molar-refractivity contribution in [2.24, 2.45) is 0 Å². The zero-order chi connectivity index (χ0) is 26.2. The molecule has 0 aliphatic rings. The Morgan fingerprint density at radius 2 is 1.51 bits per heavy atom. The molecule has 9 nitrogen and oxygen atoms in total. The van der Waals surface area contributed by atoms with E-state index in [1.54, 1.807) is 48.5 Å². The van der Waals surface area contributed by atoms with Gasteiger partial charge < -0.3 is 23.4 Å². The lowest BCUT2D eigenvalue weighted by molar-refractivity contribution is -0.143. The van der Waals surface area contributed by atoms with Gasteiger partial charge in [-0.1, -0.05) is 24.3 Å². The summed E-state index contributed by atoms with van der Waals surface area (Å²) in [4.78, 5) is 40.3. The fourth-order valence-electron chi connectivity index (χ4n) is 3.37. The van der Waals surface area contributed by atoms with Gasteiger partial charge in [0.15, 0.2) is 5.58 Å². The van der Waals surface area contributed by atoms with Gasteiger partial charge in [0.25, 0.3) is 0 Å². The highest BCUT2D eigenvalue weighted by Gasteiger charge is 2.19. The van der Waals surface area contributed by atoms with E-state index in [2.05, 4.69) is 14.5 Å². The van der Waals surface area contributed by atoms with E-state index in [0.717, 1.165) is 11.1 Å². The molecule has 1 aromatic heterocycles. The van der Waals surface area contributed by atoms with Gasteiger partial charge in [-0.2, -0.15) is 0 Å². The summed E-state index contributed by atoms with van der Waals surface area (Å²) in [7, 11) is 2.36. The van der Waals surface area contributed by atoms with Crippen LogP contribution in [0.1, 0.15) is 15.9 Å². The average molecular weight is 501 g/mol. The topological polar surface area (TPSA) is 114 Å². The fraction of sp³-hybridized carbons (Fsp3) is 0.143. The Balaban J connectivity index is 1.27. The van der Waals surface area contributed by atoms with Crippen LogP contribution in [0.4, 0.5) is 0 Å². The van der Waals surface area contributed by atoms with Crippen LogP contribution in [0.5, 0.6) is 5.75 Å². The first-order chi connectivity index (χ1) is 18.0. The predicted octanol–water partition coefficient (Wildman–Crippen LogP) is 4.46. The van der Waals surface area contributed by atoms with Crippen LogP contribution in [0, 0.1) is 0 Å². The normalized spacial score (nSPS) is 10.4. The molecule has 4 rings (SSSR count). The molecule has 0 bridgehead atoms. The van der Waals surface area contributed by atoms with Crippen LogP contribution >= 0.6 is 0 Å². The van der Waals surface area contributed by atoms with Crippen LogP contribution in [-0.4, -0.2) is 50.3 Å². The number of carbonyl (C=O) groups is 3. The molecule has 0 atom stereocenters. The molecule has 188 valence electrons. The molecule has 0 aliphatic carbocycles. The second-order valence-electron chi connectivity index (χ2n) is 7.66. The molecule has 4 aromatic rings. The Morgan fingerprint density at radius 1 is 0.838 bits per heavy atom. The summed E-state index contributed by atoms with van der Waals surface area (Å²) in [5, 5.41) is 0. The summed E-state index contributed by atoms with van der Waals surface area (Å²) in [5.41, 5.74) is 2.94. The molecule has 0 amide bonds. The van der Waals surface area contributed by atoms with Crippen molar-refractivity contribution in [3.05, 3.63) is 89.5 Å². The van der Waals surface area contributed by atoms with Crippen molar-refractivity contribution in [2.75, 3.05) is 27.4 Å². The summed E-state index contributed by atoms with van der Waals surface area (Å²) >= 11 is 0. The molecule has 3 aromatic carbocycles. The van der Waals surface area contributed by atoms with E-state index in [4.69, 9.17) is 13.9 Å². The maximum absolute atomic E-state index is 12.4. The maximum atomic E-state index is 12.4. The molecule has 0 saturated heterocycles. The molecule has 1 heterocycles. The first-order valence-corrected chi connectivity index (χ1v) is 11.2. The van der Waals surface area contributed by atoms with E-state index in [0.29, 0.717) is 28.4 Å². The molecule has 0 unspecified atom stereocenters. The molecular weight excluding hydrogens is 478 g/mol. The van der Waals surface area contributed by atoms with Crippen molar-refractivity contribution in [1.29, 1.82) is 0 Å². The van der Waals surface area contributed by atoms with Crippen molar-refractivity contribution in [3.8, 4) is 17.2 Å². The Kier molecular flexibility index (Phi) is 7.95. The number of oxazole rings is 1. The van der Waals surface area contributed by atoms with Crippen molar-refractivity contribution < 1.29 is 37.7 Å². The summed E-state index contributed by atoms with van der Waals surface area (Å²) in [5.74, 6) is -1.08. The van der Waals surface area contributed by atoms with Crippen LogP contribution in [0.25, 0.3) is 28.6 Å². The van der Waals surface area contributed by atoms with Crippen molar-refractivity contribution >= 4 is 35.1 Å². The minimum atomic E-state index is -0.796. The summed E-state index contributed by atoms with van der Waals surface area (Å²) in [6.07, 6.45) is 1.36. The number of benzene rings is 3. The van der Waals surface area contributed by atoms with Gasteiger partial charge in [-0.25, -0.2) is 19.4 Å². The Morgan fingerprint density at radius 3 is 2.16 bits per heavy atom. The fourth-order valence-corrected chi connectivity index (χ4v) is 3.37. The third kappa shape index (κ3) is 6.21. The van der Waals surface area contributed by atoms with Gasteiger partial charge in [0.1, 0.15) is 30.1 Å². The van der Waals surface area contributed by atoms with Gasteiger partial charge in [0.2, 0.25) is 5.89 Å². The van der Waals surface area contributed by atoms with Crippen LogP contribution in [0.3, 0.4) is 0 Å². The van der Waals surface area contributed by atoms with Gasteiger partial charge in [-0.05, 0) is 60.2 Å². The van der Waals surface area contributed by atoms with Gasteiger partial charge in [-0.15, -0.1) is 0 Å². The maximum Gasteiger partial charge on any atom is 0.345 e. The molecule has 0 spiro atoms. The summed E-state index contributed by atoms with van der Waals surface area (Å²) in [6.45, 7) is 0.180. The second-order valence-corrected chi connectivity index (χ2v) is 7.66. The molecule has 0 radical (unpaired) electrons. The van der Waals surface area contributed by atoms with E-state index in [1.165, 1.54) is 20.3 Å². The molecule has 0 saturated carbocycles. The van der Waals surface area contributed by atoms with Crippen molar-refractivity contribution in [1.82, 2.24) is 4.98 Å². The SMILES string of the molecule is COC(=O)C(=Cc1ccc(OCCOC(=O)c2ccc(-c3nc4ccccc4o3)cc2)cc1)C(=O)OC. The van der Waals surface area contributed by atoms with Crippen LogP contribution in [0.15, 0.2) is 82.8 Å². The lowest BCUT2D eigenvalue weighted by Gasteiger charge is -2.08. The zero-order valence-corrected chi connectivity index (χ0v) is 20.1. The highest BCUT2D eigenvalue weighted by Crippen LogP contribution is 2.24. The van der Waals surface area contributed by atoms with Crippen molar-refractivity contribution in [3.63, 3.8) is 0 Å². The number of nitrogens with zero attached hydrogens (tertiary/aromatic N) is 1. The Bertz CT molecular complexity index is 1380. The number of aromatic nitrogens is 1. The van der Waals surface area contributed by atoms with E-state index < -0.39 is 17.9 Å². The minimum absolute atomic E-state index is 0.0438. The number of fused-ring (bicyclic) bond motifs is 1. The smallest absolute Gasteiger partial charge is 0.345 e. The number of hydrogen-bond donors (Lipinski definition) is 0. The number of para-hydroxylation sites is 2. The van der Waals surface area contributed by atoms with Gasteiger partial charge in [0.05, 0.1) is 19.8 Å². The third-order valence-electron chi connectivity index (χ3n) is 5.25. The highest BCUT2D eigenvalue weighted by atomic mass is 16.6. The minimum Gasteiger partial charge on any atom is -0.490 e. The summed E-state index contributed by atoms with van der Waals surface area (Å²) < 4.78 is 25.8. The first-order valence-electron chi connectivity index (χ1n) is 11.2. The first kappa shape index (κ1) is 25.2. The standard InChI is InChI=1S/C28H23NO8/c1-33-27(31)22(28(32)34-2)17-18-7-13-21(14-8-18)35-15-16-36-26(30)20-11-9-19(10-12-20)25-29-23-5-3-4-6-24(23)37-25/h3-14,17H,15-16H2,1-2H3. The lowest BCUT2D eigenvalue weighted by Crippen LogP contribution is -2.15. The quantitative estimate of drug-likeness (QED) is 0.0819. The van der Waals surface area contributed by atoms with Crippen LogP contribution < -0.4 is 4.74 Å². The molecule has 37 heavy (non-hydrogen) atoms. The number of hydrogen-bond acceptors (Lipinski definition) is 9. The molecule has 0 aliphatic heterocycles. The van der Waals surface area contributed by atoms with E-state index in [9.17, 15) is 14.4 Å². The van der Waals surface area contributed by atoms with Gasteiger partial charge in [-0.3, -0.25) is 0 Å². The molecule has 9 heteroatoms. The number of ether oxygens (including phenoxy) is 4. The van der Waals surface area contributed by atoms with Gasteiger partial charge >= 0.3 is 17.9 Å². The van der Waals surface area contributed by atoms with Crippen LogP contribution in [0.2, 0.25) is 0 Å². The molecule has 0 fully saturated rings. The number of methoxy groups -OCH3 is 2. The number of carbonyl (C=O) groups excluding carboxylic acids is 3. The zero-order valence-electron chi connectivity index (χ0n) is 20.1. The lowest BCUT2D eigenvalue weighted by atomic mass is 10.1. The Labute approximate surface area is 212 Å². The molecular formula is C28H23NO8. The second kappa shape index (κ2) is 11.7. The number of esters is 3. The average Bonchev–Trinajstić information content (AvgIpc) is 3.38. The van der Waals surface area contributed by atoms with Gasteiger partial charge in [0, 0.05) is 5.56 Å². The number of rotatable bonds is 9. The molecule has 0 N–H and O–H groups in total. The van der Waals surface area contributed by atoms with Crippen molar-refractivity contribution in [2.45, 2.75) is 0 Å². The predicted molar refractivity (Wildman–Crippen MR) is 134 cm³/mol. The van der Waals surface area contributed by atoms with E-state index >= 15 is 0 Å². The van der Waals surface area contributed by atoms with Crippen LogP contribution in [-0.2, 0) is 23.8 Å². The highest BCUT2D eigenvalue weighted by molar-refractivity contribution is 6.17. The Hall–Kier alpha value is -4.92.